The zero-order valence-corrected chi connectivity index (χ0v) is 15.8. The van der Waals surface area contributed by atoms with Crippen LogP contribution in [0.25, 0.3) is 31.6 Å². The lowest BCUT2D eigenvalue weighted by molar-refractivity contribution is 0.0854. The van der Waals surface area contributed by atoms with Gasteiger partial charge in [-0.05, 0) is 36.4 Å². The van der Waals surface area contributed by atoms with Crippen LogP contribution >= 0.6 is 11.3 Å². The van der Waals surface area contributed by atoms with E-state index in [1.807, 2.05) is 18.2 Å². The van der Waals surface area contributed by atoms with Crippen molar-refractivity contribution in [1.82, 2.24) is 15.5 Å². The van der Waals surface area contributed by atoms with Crippen molar-refractivity contribution in [3.8, 4) is 10.6 Å². The van der Waals surface area contributed by atoms with Crippen molar-refractivity contribution in [2.45, 2.75) is 18.9 Å². The maximum absolute atomic E-state index is 14.5. The molecule has 3 heterocycles. The van der Waals surface area contributed by atoms with Crippen LogP contribution in [0.1, 0.15) is 23.2 Å². The second-order valence-corrected chi connectivity index (χ2v) is 8.03. The van der Waals surface area contributed by atoms with E-state index >= 15 is 0 Å². The van der Waals surface area contributed by atoms with Crippen molar-refractivity contribution < 1.29 is 13.9 Å². The van der Waals surface area contributed by atoms with Gasteiger partial charge in [-0.15, -0.1) is 11.3 Å². The van der Waals surface area contributed by atoms with Crippen LogP contribution in [-0.2, 0) is 4.74 Å². The summed E-state index contributed by atoms with van der Waals surface area (Å²) >= 11 is 1.62. The highest BCUT2D eigenvalue weighted by Crippen LogP contribution is 2.36. The number of hydrogen-bond acceptors (Lipinski definition) is 4. The van der Waals surface area contributed by atoms with Gasteiger partial charge in [0.15, 0.2) is 0 Å². The summed E-state index contributed by atoms with van der Waals surface area (Å²) in [5.41, 5.74) is 1.32. The Kier molecular flexibility index (Phi) is 4.33. The first-order chi connectivity index (χ1) is 13.7. The minimum Gasteiger partial charge on any atom is -0.376 e. The lowest BCUT2D eigenvalue weighted by Gasteiger charge is -2.11. The monoisotopic (exact) mass is 395 g/mol. The Bertz CT molecular complexity index is 1140. The van der Waals surface area contributed by atoms with Gasteiger partial charge in [0.05, 0.1) is 22.1 Å². The minimum absolute atomic E-state index is 0.0128. The second kappa shape index (κ2) is 7.00. The Labute approximate surface area is 164 Å². The quantitative estimate of drug-likeness (QED) is 0.535. The smallest absolute Gasteiger partial charge is 0.254 e. The Morgan fingerprint density at radius 1 is 1.32 bits per heavy atom. The van der Waals surface area contributed by atoms with Gasteiger partial charge in [-0.3, -0.25) is 9.89 Å². The average Bonchev–Trinajstić information content (AvgIpc) is 3.43. The topological polar surface area (TPSA) is 67.0 Å². The standard InChI is InChI=1S/C21H18FN3O2S/c22-16-10-17-15(9-14(16)21(26)23-11-13-5-3-7-27-13)20(25-24-17)19-8-12-4-1-2-6-18(12)28-19/h1-2,4,6,8-10,13H,3,5,7,11H2,(H,23,26)(H,24,25)/t13-/m0/s1. The SMILES string of the molecule is O=C(NC[C@@H]1CCCO1)c1cc2c(-c3cc4ccccc4s3)n[nH]c2cc1F. The molecule has 1 atom stereocenters. The fourth-order valence-corrected chi connectivity index (χ4v) is 4.67. The molecule has 142 valence electrons. The van der Waals surface area contributed by atoms with E-state index in [1.165, 1.54) is 6.07 Å². The Balaban J connectivity index is 1.49. The van der Waals surface area contributed by atoms with E-state index in [4.69, 9.17) is 4.74 Å². The van der Waals surface area contributed by atoms with E-state index in [0.717, 1.165) is 38.9 Å². The molecule has 0 bridgehead atoms. The molecule has 5 rings (SSSR count). The fourth-order valence-electron chi connectivity index (χ4n) is 3.61. The molecule has 0 saturated carbocycles. The molecular formula is C21H18FN3O2S. The van der Waals surface area contributed by atoms with Crippen molar-refractivity contribution in [3.05, 3.63) is 53.8 Å². The first-order valence-corrected chi connectivity index (χ1v) is 10.1. The van der Waals surface area contributed by atoms with Gasteiger partial charge in [-0.2, -0.15) is 5.10 Å². The number of rotatable bonds is 4. The fraction of sp³-hybridized carbons (Fsp3) is 0.238. The van der Waals surface area contributed by atoms with Gasteiger partial charge in [0.2, 0.25) is 0 Å². The van der Waals surface area contributed by atoms with Crippen molar-refractivity contribution in [2.75, 3.05) is 13.2 Å². The maximum Gasteiger partial charge on any atom is 0.254 e. The summed E-state index contributed by atoms with van der Waals surface area (Å²) in [4.78, 5) is 13.5. The van der Waals surface area contributed by atoms with Crippen molar-refractivity contribution in [1.29, 1.82) is 0 Å². The van der Waals surface area contributed by atoms with Crippen LogP contribution in [0.3, 0.4) is 0 Å². The highest BCUT2D eigenvalue weighted by Gasteiger charge is 2.20. The molecule has 2 aromatic heterocycles. The highest BCUT2D eigenvalue weighted by molar-refractivity contribution is 7.22. The summed E-state index contributed by atoms with van der Waals surface area (Å²) in [7, 11) is 0. The molecule has 7 heteroatoms. The molecule has 1 fully saturated rings. The number of carbonyl (C=O) groups is 1. The number of aromatic nitrogens is 2. The predicted octanol–water partition coefficient (Wildman–Crippen LogP) is 4.49. The molecule has 0 aliphatic carbocycles. The van der Waals surface area contributed by atoms with Crippen LogP contribution < -0.4 is 5.32 Å². The van der Waals surface area contributed by atoms with E-state index < -0.39 is 11.7 Å². The average molecular weight is 395 g/mol. The molecule has 1 aliphatic heterocycles. The lowest BCUT2D eigenvalue weighted by Crippen LogP contribution is -2.32. The van der Waals surface area contributed by atoms with Crippen LogP contribution in [0.4, 0.5) is 4.39 Å². The molecular weight excluding hydrogens is 377 g/mol. The van der Waals surface area contributed by atoms with E-state index in [9.17, 15) is 9.18 Å². The summed E-state index contributed by atoms with van der Waals surface area (Å²) in [6, 6.07) is 13.1. The number of aromatic amines is 1. The number of benzene rings is 2. The van der Waals surface area contributed by atoms with Gasteiger partial charge in [0.25, 0.3) is 5.91 Å². The number of nitrogens with one attached hydrogen (secondary N) is 2. The summed E-state index contributed by atoms with van der Waals surface area (Å²) in [5, 5.41) is 11.9. The molecule has 4 aromatic rings. The molecule has 1 aliphatic rings. The number of hydrogen-bond donors (Lipinski definition) is 2. The van der Waals surface area contributed by atoms with Crippen LogP contribution in [0, 0.1) is 5.82 Å². The molecule has 1 saturated heterocycles. The molecule has 28 heavy (non-hydrogen) atoms. The molecule has 2 aromatic carbocycles. The molecule has 0 spiro atoms. The third-order valence-electron chi connectivity index (χ3n) is 5.07. The Morgan fingerprint density at radius 2 is 2.21 bits per heavy atom. The van der Waals surface area contributed by atoms with Gasteiger partial charge in [0.1, 0.15) is 11.5 Å². The summed E-state index contributed by atoms with van der Waals surface area (Å²) < 4.78 is 21.2. The number of ether oxygens (including phenoxy) is 1. The van der Waals surface area contributed by atoms with Crippen molar-refractivity contribution in [2.24, 2.45) is 0 Å². The number of fused-ring (bicyclic) bond motifs is 2. The first kappa shape index (κ1) is 17.3. The van der Waals surface area contributed by atoms with Gasteiger partial charge in [-0.1, -0.05) is 18.2 Å². The second-order valence-electron chi connectivity index (χ2n) is 6.94. The van der Waals surface area contributed by atoms with Crippen LogP contribution in [-0.4, -0.2) is 35.4 Å². The van der Waals surface area contributed by atoms with Crippen LogP contribution in [0.2, 0.25) is 0 Å². The highest BCUT2D eigenvalue weighted by atomic mass is 32.1. The zero-order chi connectivity index (χ0) is 19.1. The van der Waals surface area contributed by atoms with E-state index in [2.05, 4.69) is 27.6 Å². The van der Waals surface area contributed by atoms with E-state index in [-0.39, 0.29) is 11.7 Å². The normalized spacial score (nSPS) is 16.8. The molecule has 0 unspecified atom stereocenters. The largest absolute Gasteiger partial charge is 0.376 e. The number of H-pyrrole nitrogens is 1. The molecule has 1 amide bonds. The summed E-state index contributed by atoms with van der Waals surface area (Å²) in [6.07, 6.45) is 1.92. The van der Waals surface area contributed by atoms with E-state index in [1.54, 1.807) is 17.4 Å². The number of amides is 1. The zero-order valence-electron chi connectivity index (χ0n) is 15.0. The van der Waals surface area contributed by atoms with Gasteiger partial charge in [0, 0.05) is 29.3 Å². The molecule has 0 radical (unpaired) electrons. The van der Waals surface area contributed by atoms with Crippen molar-refractivity contribution >= 4 is 38.2 Å². The predicted molar refractivity (Wildman–Crippen MR) is 108 cm³/mol. The minimum atomic E-state index is -0.566. The van der Waals surface area contributed by atoms with Gasteiger partial charge >= 0.3 is 0 Å². The van der Waals surface area contributed by atoms with Crippen molar-refractivity contribution in [3.63, 3.8) is 0 Å². The summed E-state index contributed by atoms with van der Waals surface area (Å²) in [5.74, 6) is -0.998. The molecule has 5 nitrogen and oxygen atoms in total. The van der Waals surface area contributed by atoms with E-state index in [0.29, 0.717) is 18.7 Å². The number of thiophene rings is 1. The van der Waals surface area contributed by atoms with Gasteiger partial charge in [-0.25, -0.2) is 4.39 Å². The number of halogens is 1. The third-order valence-corrected chi connectivity index (χ3v) is 6.19. The maximum atomic E-state index is 14.5. The van der Waals surface area contributed by atoms with Crippen LogP contribution in [0.5, 0.6) is 0 Å². The third kappa shape index (κ3) is 3.06. The number of nitrogens with zero attached hydrogens (tertiary/aromatic N) is 1. The lowest BCUT2D eigenvalue weighted by atomic mass is 10.1. The molecule has 2 N–H and O–H groups in total. The first-order valence-electron chi connectivity index (χ1n) is 9.25. The van der Waals surface area contributed by atoms with Crippen LogP contribution in [0.15, 0.2) is 42.5 Å². The Hall–Kier alpha value is -2.77. The number of carbonyl (C=O) groups excluding carboxylic acids is 1. The summed E-state index contributed by atoms with van der Waals surface area (Å²) in [6.45, 7) is 1.11. The Morgan fingerprint density at radius 3 is 3.04 bits per heavy atom. The van der Waals surface area contributed by atoms with Gasteiger partial charge < -0.3 is 10.1 Å².